The maximum atomic E-state index is 12.0. The van der Waals surface area contributed by atoms with Gasteiger partial charge in [-0.3, -0.25) is 0 Å². The molecule has 1 heterocycles. The second-order valence-corrected chi connectivity index (χ2v) is 8.31. The van der Waals surface area contributed by atoms with Crippen LogP contribution in [-0.4, -0.2) is 19.4 Å². The lowest BCUT2D eigenvalue weighted by Crippen LogP contribution is -2.27. The van der Waals surface area contributed by atoms with Gasteiger partial charge >= 0.3 is 0 Å². The van der Waals surface area contributed by atoms with Gasteiger partial charge in [0.15, 0.2) is 0 Å². The van der Waals surface area contributed by atoms with Crippen LogP contribution in [-0.2, 0) is 10.0 Å². The zero-order valence-corrected chi connectivity index (χ0v) is 12.0. The highest BCUT2D eigenvalue weighted by atomic mass is 32.2. The normalized spacial score (nSPS) is 22.4. The van der Waals surface area contributed by atoms with Gasteiger partial charge < -0.3 is 5.73 Å². The summed E-state index contributed by atoms with van der Waals surface area (Å²) >= 11 is 5.91. The lowest BCUT2D eigenvalue weighted by atomic mass is 10.2. The predicted octanol–water partition coefficient (Wildman–Crippen LogP) is 1.46. The molecule has 2 rings (SSSR count). The molecule has 1 aromatic rings. The molecule has 1 aliphatic rings. The molecule has 0 amide bonds. The van der Waals surface area contributed by atoms with Crippen LogP contribution in [0.5, 0.6) is 0 Å². The highest BCUT2D eigenvalue weighted by molar-refractivity contribution is 7.91. The summed E-state index contributed by atoms with van der Waals surface area (Å²) in [5, 5.41) is 0. The van der Waals surface area contributed by atoms with Gasteiger partial charge in [0.25, 0.3) is 0 Å². The Morgan fingerprint density at radius 2 is 2.18 bits per heavy atom. The lowest BCUT2D eigenvalue weighted by molar-refractivity contribution is 0.556. The Bertz CT molecular complexity index is 560. The van der Waals surface area contributed by atoms with Gasteiger partial charge in [0, 0.05) is 6.04 Å². The molecule has 0 radical (unpaired) electrons. The van der Waals surface area contributed by atoms with Gasteiger partial charge in [-0.25, -0.2) is 13.1 Å². The zero-order valence-electron chi connectivity index (χ0n) is 9.56. The van der Waals surface area contributed by atoms with E-state index in [4.69, 9.17) is 18.0 Å². The molecule has 0 bridgehead atoms. The van der Waals surface area contributed by atoms with Crippen LogP contribution in [0, 0.1) is 5.41 Å². The third-order valence-corrected chi connectivity index (χ3v) is 6.33. The van der Waals surface area contributed by atoms with Gasteiger partial charge in [0.05, 0.1) is 4.88 Å². The van der Waals surface area contributed by atoms with Crippen molar-refractivity contribution in [2.24, 2.45) is 11.1 Å². The minimum atomic E-state index is -3.43. The number of hydrogen-bond acceptors (Lipinski definition) is 4. The molecular weight excluding hydrogens is 276 g/mol. The monoisotopic (exact) mass is 290 g/mol. The summed E-state index contributed by atoms with van der Waals surface area (Å²) in [6, 6.07) is 3.21. The minimum Gasteiger partial charge on any atom is -0.389 e. The first-order chi connectivity index (χ1) is 7.72. The van der Waals surface area contributed by atoms with E-state index >= 15 is 0 Å². The summed E-state index contributed by atoms with van der Waals surface area (Å²) in [6.45, 7) is 4.07. The smallest absolute Gasteiger partial charge is 0.250 e. The number of rotatable bonds is 4. The van der Waals surface area contributed by atoms with Gasteiger partial charge in [0.1, 0.15) is 9.20 Å². The Morgan fingerprint density at radius 1 is 1.59 bits per heavy atom. The molecule has 0 spiro atoms. The minimum absolute atomic E-state index is 0.0304. The van der Waals surface area contributed by atoms with Gasteiger partial charge in [-0.05, 0) is 24.0 Å². The first-order valence-electron chi connectivity index (χ1n) is 5.14. The van der Waals surface area contributed by atoms with E-state index in [1.165, 1.54) is 6.07 Å². The van der Waals surface area contributed by atoms with E-state index in [0.29, 0.717) is 4.88 Å². The first-order valence-corrected chi connectivity index (χ1v) is 7.85. The summed E-state index contributed by atoms with van der Waals surface area (Å²) in [7, 11) is -3.43. The molecule has 0 aliphatic heterocycles. The topological polar surface area (TPSA) is 72.2 Å². The summed E-state index contributed by atoms with van der Waals surface area (Å²) in [4.78, 5) is 0.846. The Kier molecular flexibility index (Phi) is 3.05. The quantitative estimate of drug-likeness (QED) is 0.824. The third-order valence-electron chi connectivity index (χ3n) is 2.90. The van der Waals surface area contributed by atoms with Crippen molar-refractivity contribution in [1.29, 1.82) is 0 Å². The second-order valence-electron chi connectivity index (χ2n) is 4.85. The van der Waals surface area contributed by atoms with Crippen LogP contribution in [0.2, 0.25) is 0 Å². The van der Waals surface area contributed by atoms with Gasteiger partial charge in [-0.2, -0.15) is 0 Å². The van der Waals surface area contributed by atoms with Gasteiger partial charge in [0.2, 0.25) is 10.0 Å². The van der Waals surface area contributed by atoms with Crippen LogP contribution in [0.3, 0.4) is 0 Å². The molecule has 1 aromatic heterocycles. The molecule has 7 heteroatoms. The fourth-order valence-electron chi connectivity index (χ4n) is 1.51. The first kappa shape index (κ1) is 12.9. The fraction of sp³-hybridized carbons (Fsp3) is 0.500. The largest absolute Gasteiger partial charge is 0.389 e. The summed E-state index contributed by atoms with van der Waals surface area (Å²) in [6.07, 6.45) is 0.875. The average molecular weight is 290 g/mol. The van der Waals surface area contributed by atoms with E-state index in [1.54, 1.807) is 6.07 Å². The van der Waals surface area contributed by atoms with Crippen molar-refractivity contribution in [3.05, 3.63) is 17.0 Å². The summed E-state index contributed by atoms with van der Waals surface area (Å²) in [5.41, 5.74) is 5.52. The van der Waals surface area contributed by atoms with E-state index in [9.17, 15) is 8.42 Å². The predicted molar refractivity (Wildman–Crippen MR) is 72.7 cm³/mol. The van der Waals surface area contributed by atoms with Crippen LogP contribution < -0.4 is 10.5 Å². The Balaban J connectivity index is 2.17. The zero-order chi connectivity index (χ0) is 12.8. The maximum Gasteiger partial charge on any atom is 0.250 e. The van der Waals surface area contributed by atoms with Crippen molar-refractivity contribution in [2.75, 3.05) is 0 Å². The molecule has 1 saturated carbocycles. The van der Waals surface area contributed by atoms with E-state index in [1.807, 2.05) is 13.8 Å². The molecule has 0 aromatic carbocycles. The van der Waals surface area contributed by atoms with Crippen LogP contribution >= 0.6 is 23.6 Å². The second kappa shape index (κ2) is 4.01. The number of thiocarbonyl (C=S) groups is 1. The van der Waals surface area contributed by atoms with E-state index in [2.05, 4.69) is 4.72 Å². The standard InChI is InChI=1S/C10H14N2O2S3/c1-10(2)5-7(10)12-17(13,14)8-4-3-6(16-8)9(11)15/h3-4,7,12H,5H2,1-2H3,(H2,11,15). The van der Waals surface area contributed by atoms with Crippen molar-refractivity contribution in [1.82, 2.24) is 4.72 Å². The number of nitrogens with one attached hydrogen (secondary N) is 1. The molecule has 4 nitrogen and oxygen atoms in total. The molecule has 1 unspecified atom stereocenters. The van der Waals surface area contributed by atoms with Crippen LogP contribution in [0.4, 0.5) is 0 Å². The van der Waals surface area contributed by atoms with Crippen molar-refractivity contribution >= 4 is 38.6 Å². The Hall–Kier alpha value is -0.500. The number of sulfonamides is 1. The molecule has 0 saturated heterocycles. The number of nitrogens with two attached hydrogens (primary N) is 1. The molecule has 94 valence electrons. The molecule has 1 aliphatic carbocycles. The Labute approximate surface area is 110 Å². The van der Waals surface area contributed by atoms with E-state index < -0.39 is 10.0 Å². The number of hydrogen-bond donors (Lipinski definition) is 2. The molecule has 3 N–H and O–H groups in total. The summed E-state index contributed by atoms with van der Waals surface area (Å²) in [5.74, 6) is 0. The molecule has 1 atom stereocenters. The van der Waals surface area contributed by atoms with Crippen molar-refractivity contribution < 1.29 is 8.42 Å². The van der Waals surface area contributed by atoms with Crippen LogP contribution in [0.25, 0.3) is 0 Å². The van der Waals surface area contributed by atoms with Crippen molar-refractivity contribution in [3.63, 3.8) is 0 Å². The average Bonchev–Trinajstić information content (AvgIpc) is 2.68. The fourth-order valence-corrected chi connectivity index (χ4v) is 4.29. The van der Waals surface area contributed by atoms with Crippen molar-refractivity contribution in [3.8, 4) is 0 Å². The lowest BCUT2D eigenvalue weighted by Gasteiger charge is -2.05. The van der Waals surface area contributed by atoms with Crippen LogP contribution in [0.1, 0.15) is 25.1 Å². The van der Waals surface area contributed by atoms with Crippen molar-refractivity contribution in [2.45, 2.75) is 30.5 Å². The highest BCUT2D eigenvalue weighted by Gasteiger charge is 2.48. The van der Waals surface area contributed by atoms with E-state index in [0.717, 1.165) is 17.8 Å². The maximum absolute atomic E-state index is 12.0. The number of thiophene rings is 1. The third kappa shape index (κ3) is 2.67. The highest BCUT2D eigenvalue weighted by Crippen LogP contribution is 2.45. The van der Waals surface area contributed by atoms with Gasteiger partial charge in [-0.15, -0.1) is 11.3 Å². The van der Waals surface area contributed by atoms with Crippen LogP contribution in [0.15, 0.2) is 16.3 Å². The Morgan fingerprint density at radius 3 is 2.59 bits per heavy atom. The SMILES string of the molecule is CC1(C)CC1NS(=O)(=O)c1ccc(C(N)=S)s1. The summed E-state index contributed by atoms with van der Waals surface area (Å²) < 4.78 is 27.0. The molecular formula is C10H14N2O2S3. The van der Waals surface area contributed by atoms with E-state index in [-0.39, 0.29) is 20.7 Å². The van der Waals surface area contributed by atoms with Gasteiger partial charge in [-0.1, -0.05) is 26.1 Å². The molecule has 1 fully saturated rings. The molecule has 17 heavy (non-hydrogen) atoms.